The van der Waals surface area contributed by atoms with E-state index in [1.807, 2.05) is 52.2 Å². The zero-order valence-electron chi connectivity index (χ0n) is 20.0. The lowest BCUT2D eigenvalue weighted by atomic mass is 10.1. The van der Waals surface area contributed by atoms with Crippen molar-refractivity contribution in [3.05, 3.63) is 29.8 Å². The van der Waals surface area contributed by atoms with Crippen LogP contribution < -0.4 is 10.1 Å². The minimum atomic E-state index is 0.116. The summed E-state index contributed by atoms with van der Waals surface area (Å²) in [5.41, 5.74) is 1.10. The summed E-state index contributed by atoms with van der Waals surface area (Å²) in [6.07, 6.45) is 8.31. The Bertz CT molecular complexity index is 518. The minimum Gasteiger partial charge on any atom is -0.494 e. The Morgan fingerprint density at radius 1 is 1.07 bits per heavy atom. The van der Waals surface area contributed by atoms with E-state index in [1.165, 1.54) is 32.4 Å². The monoisotopic (exact) mass is 439 g/mol. The van der Waals surface area contributed by atoms with Gasteiger partial charge in [-0.3, -0.25) is 4.79 Å². The number of hydrogen-bond donors (Lipinski definition) is 2. The molecule has 1 saturated heterocycles. The van der Waals surface area contributed by atoms with Crippen LogP contribution in [0.4, 0.5) is 0 Å². The first kappa shape index (κ1) is 28.8. The van der Waals surface area contributed by atoms with Gasteiger partial charge in [-0.05, 0) is 83.4 Å². The number of amides is 1. The number of likely N-dealkylation sites (tertiary alicyclic amines) is 1. The molecule has 0 radical (unpaired) electrons. The van der Waals surface area contributed by atoms with E-state index in [9.17, 15) is 4.79 Å². The maximum absolute atomic E-state index is 11.8. The van der Waals surface area contributed by atoms with E-state index in [1.54, 1.807) is 6.26 Å². The molecular weight excluding hydrogens is 394 g/mol. The Balaban J connectivity index is 0.00000198. The van der Waals surface area contributed by atoms with E-state index in [2.05, 4.69) is 27.7 Å². The van der Waals surface area contributed by atoms with Crippen LogP contribution in [0.5, 0.6) is 5.75 Å². The van der Waals surface area contributed by atoms with Crippen molar-refractivity contribution >= 4 is 18.5 Å². The second kappa shape index (κ2) is 19.7. The van der Waals surface area contributed by atoms with E-state index in [4.69, 9.17) is 4.74 Å². The maximum atomic E-state index is 11.8. The van der Waals surface area contributed by atoms with Crippen LogP contribution in [0.15, 0.2) is 24.3 Å². The van der Waals surface area contributed by atoms with E-state index >= 15 is 0 Å². The Kier molecular flexibility index (Phi) is 18.9. The summed E-state index contributed by atoms with van der Waals surface area (Å²) in [6, 6.07) is 8.04. The Morgan fingerprint density at radius 3 is 2.30 bits per heavy atom. The van der Waals surface area contributed by atoms with Crippen molar-refractivity contribution in [2.45, 2.75) is 58.9 Å². The van der Waals surface area contributed by atoms with Gasteiger partial charge < -0.3 is 19.9 Å². The van der Waals surface area contributed by atoms with Crippen LogP contribution in [0, 0.1) is 0 Å². The number of piperidine rings is 1. The molecule has 0 aliphatic carbocycles. The molecule has 0 unspecified atom stereocenters. The van der Waals surface area contributed by atoms with Crippen LogP contribution >= 0.6 is 12.6 Å². The quantitative estimate of drug-likeness (QED) is 0.394. The molecule has 1 aliphatic heterocycles. The highest BCUT2D eigenvalue weighted by Crippen LogP contribution is 2.13. The number of nitrogens with zero attached hydrogens (tertiary/aromatic N) is 2. The van der Waals surface area contributed by atoms with E-state index in [0.29, 0.717) is 13.0 Å². The molecule has 0 saturated carbocycles. The van der Waals surface area contributed by atoms with Crippen LogP contribution in [0.2, 0.25) is 0 Å². The van der Waals surface area contributed by atoms with Crippen molar-refractivity contribution in [1.29, 1.82) is 0 Å². The molecule has 6 heteroatoms. The number of benzene rings is 1. The number of carbonyl (C=O) groups excluding carboxylic acids is 1. The van der Waals surface area contributed by atoms with Crippen molar-refractivity contribution in [1.82, 2.24) is 15.1 Å². The first-order chi connectivity index (χ1) is 14.6. The van der Waals surface area contributed by atoms with E-state index in [0.717, 1.165) is 43.9 Å². The third kappa shape index (κ3) is 14.7. The molecule has 1 aliphatic rings. The van der Waals surface area contributed by atoms with Crippen LogP contribution in [-0.2, 0) is 11.3 Å². The van der Waals surface area contributed by atoms with Gasteiger partial charge in [0.25, 0.3) is 0 Å². The lowest BCUT2D eigenvalue weighted by Crippen LogP contribution is -2.31. The molecule has 0 spiro atoms. The molecular formula is C24H45N3O2S. The summed E-state index contributed by atoms with van der Waals surface area (Å²) in [5.74, 6) is 1.02. The number of thiol groups is 1. The van der Waals surface area contributed by atoms with Gasteiger partial charge >= 0.3 is 0 Å². The van der Waals surface area contributed by atoms with Crippen molar-refractivity contribution < 1.29 is 9.53 Å². The predicted molar refractivity (Wildman–Crippen MR) is 133 cm³/mol. The lowest BCUT2D eigenvalue weighted by molar-refractivity contribution is -0.121. The summed E-state index contributed by atoms with van der Waals surface area (Å²) in [4.78, 5) is 16.4. The van der Waals surface area contributed by atoms with Gasteiger partial charge in [0.05, 0.1) is 6.61 Å². The molecule has 5 nitrogen and oxygen atoms in total. The summed E-state index contributed by atoms with van der Waals surface area (Å²) < 4.78 is 5.83. The van der Waals surface area contributed by atoms with Crippen LogP contribution in [0.25, 0.3) is 0 Å². The van der Waals surface area contributed by atoms with E-state index < -0.39 is 0 Å². The summed E-state index contributed by atoms with van der Waals surface area (Å²) in [7, 11) is 4.05. The van der Waals surface area contributed by atoms with Gasteiger partial charge in [0, 0.05) is 19.5 Å². The van der Waals surface area contributed by atoms with Crippen molar-refractivity contribution in [2.75, 3.05) is 53.1 Å². The summed E-state index contributed by atoms with van der Waals surface area (Å²) >= 11 is 3.53. The maximum Gasteiger partial charge on any atom is 0.220 e. The molecule has 0 aromatic heterocycles. The molecule has 174 valence electrons. The molecule has 0 atom stereocenters. The van der Waals surface area contributed by atoms with E-state index in [-0.39, 0.29) is 5.91 Å². The summed E-state index contributed by atoms with van der Waals surface area (Å²) in [6.45, 7) is 9.91. The highest BCUT2D eigenvalue weighted by atomic mass is 32.1. The molecule has 1 aromatic rings. The first-order valence-electron chi connectivity index (χ1n) is 11.4. The largest absolute Gasteiger partial charge is 0.494 e. The predicted octanol–water partition coefficient (Wildman–Crippen LogP) is 4.47. The molecule has 1 aromatic carbocycles. The van der Waals surface area contributed by atoms with Crippen molar-refractivity contribution in [3.63, 3.8) is 0 Å². The number of ether oxygens (including phenoxy) is 1. The van der Waals surface area contributed by atoms with Crippen LogP contribution in [0.3, 0.4) is 0 Å². The lowest BCUT2D eigenvalue weighted by Gasteiger charge is -2.26. The summed E-state index contributed by atoms with van der Waals surface area (Å²) in [5, 5.41) is 2.98. The first-order valence-corrected chi connectivity index (χ1v) is 12.3. The number of nitrogens with one attached hydrogen (secondary N) is 1. The number of rotatable bonds is 11. The normalized spacial score (nSPS) is 13.6. The van der Waals surface area contributed by atoms with Gasteiger partial charge in [0.2, 0.25) is 5.91 Å². The molecule has 1 heterocycles. The van der Waals surface area contributed by atoms with Gasteiger partial charge in [-0.2, -0.15) is 12.6 Å². The fourth-order valence-corrected chi connectivity index (χ4v) is 3.21. The third-order valence-electron chi connectivity index (χ3n) is 4.76. The second-order valence-electron chi connectivity index (χ2n) is 7.43. The number of hydrogen-bond acceptors (Lipinski definition) is 5. The molecule has 30 heavy (non-hydrogen) atoms. The average Bonchev–Trinajstić information content (AvgIpc) is 2.79. The van der Waals surface area contributed by atoms with Gasteiger partial charge in [-0.15, -0.1) is 0 Å². The van der Waals surface area contributed by atoms with Gasteiger partial charge in [-0.25, -0.2) is 0 Å². The van der Waals surface area contributed by atoms with Gasteiger partial charge in [-0.1, -0.05) is 32.4 Å². The molecule has 1 fully saturated rings. The van der Waals surface area contributed by atoms with Gasteiger partial charge in [0.1, 0.15) is 5.75 Å². The van der Waals surface area contributed by atoms with Gasteiger partial charge in [0.15, 0.2) is 0 Å². The number of carbonyl (C=O) groups is 1. The molecule has 1 N–H and O–H groups in total. The Morgan fingerprint density at radius 2 is 1.70 bits per heavy atom. The minimum absolute atomic E-state index is 0.116. The molecule has 0 bridgehead atoms. The highest BCUT2D eigenvalue weighted by Gasteiger charge is 2.09. The average molecular weight is 440 g/mol. The van der Waals surface area contributed by atoms with Crippen molar-refractivity contribution in [2.24, 2.45) is 0 Å². The fourth-order valence-electron chi connectivity index (χ4n) is 3.21. The fraction of sp³-hybridized carbons (Fsp3) is 0.708. The Hall–Kier alpha value is -1.24. The second-order valence-corrected chi connectivity index (χ2v) is 7.43. The van der Waals surface area contributed by atoms with Crippen LogP contribution in [-0.4, -0.2) is 68.8 Å². The standard InChI is InChI=1S/C21H35N3O2.C2H6.CH4S/c1-23(2)13-6-8-21(25)22-18-19-9-11-20(12-10-19)26-17-7-16-24-14-4-3-5-15-24;2*1-2/h9-12H,3-8,13-18H2,1-2H3,(H,22,25);1-2H3;2H,1H3. The zero-order valence-corrected chi connectivity index (χ0v) is 20.8. The van der Waals surface area contributed by atoms with Crippen molar-refractivity contribution in [3.8, 4) is 5.75 Å². The van der Waals surface area contributed by atoms with Crippen LogP contribution in [0.1, 0.15) is 57.9 Å². The Labute approximate surface area is 191 Å². The highest BCUT2D eigenvalue weighted by molar-refractivity contribution is 7.79. The zero-order chi connectivity index (χ0) is 22.6. The molecule has 1 amide bonds. The smallest absolute Gasteiger partial charge is 0.220 e. The third-order valence-corrected chi connectivity index (χ3v) is 4.76. The SMILES string of the molecule is CC.CN(C)CCCC(=O)NCc1ccc(OCCCN2CCCCC2)cc1.CS. The molecule has 2 rings (SSSR count). The topological polar surface area (TPSA) is 44.8 Å².